The maximum Gasteiger partial charge on any atom is 0.246 e. The molecule has 0 spiro atoms. The standard InChI is InChI=1S/C36H61ClN6O9/c1-27(44)41(50)18-8-2-5-15-38-30(45)11-13-32(47)42(51)19-9-3-6-16-39-31(46)12-14-33(48)43(52)20-10-4-7-17-40-34(49)35-22-28-21-29(23-35)25-36(37,24-28)26-35/h28-29,50-52H,2-26H2,1H3,(H,38,45)(H,39,46)(H,40,49). The van der Waals surface area contributed by atoms with Gasteiger partial charge in [0.25, 0.3) is 0 Å². The summed E-state index contributed by atoms with van der Waals surface area (Å²) in [5.41, 5.74) is -0.312. The van der Waals surface area contributed by atoms with Gasteiger partial charge in [0.15, 0.2) is 0 Å². The summed E-state index contributed by atoms with van der Waals surface area (Å²) in [7, 11) is 0. The first-order valence-electron chi connectivity index (χ1n) is 19.2. The highest BCUT2D eigenvalue weighted by molar-refractivity contribution is 6.24. The number of unbranched alkanes of at least 4 members (excludes halogenated alkanes) is 6. The van der Waals surface area contributed by atoms with Gasteiger partial charge in [0.1, 0.15) is 0 Å². The maximum absolute atomic E-state index is 13.1. The van der Waals surface area contributed by atoms with Crippen LogP contribution in [0.4, 0.5) is 0 Å². The molecule has 4 bridgehead atoms. The second-order valence-electron chi connectivity index (χ2n) is 15.2. The van der Waals surface area contributed by atoms with E-state index in [0.29, 0.717) is 91.6 Å². The van der Waals surface area contributed by atoms with Gasteiger partial charge in [0.2, 0.25) is 35.4 Å². The van der Waals surface area contributed by atoms with Crippen molar-refractivity contribution in [3.8, 4) is 0 Å². The average molecular weight is 757 g/mol. The van der Waals surface area contributed by atoms with E-state index >= 15 is 0 Å². The molecule has 52 heavy (non-hydrogen) atoms. The molecule has 296 valence electrons. The van der Waals surface area contributed by atoms with E-state index in [1.54, 1.807) is 0 Å². The van der Waals surface area contributed by atoms with Crippen molar-refractivity contribution in [2.75, 3.05) is 39.3 Å². The Bertz CT molecular complexity index is 1210. The third-order valence-corrected chi connectivity index (χ3v) is 11.1. The first-order valence-corrected chi connectivity index (χ1v) is 19.6. The van der Waals surface area contributed by atoms with E-state index in [1.165, 1.54) is 13.3 Å². The molecule has 6 N–H and O–H groups in total. The number of carbonyl (C=O) groups is 6. The number of alkyl halides is 1. The molecule has 2 unspecified atom stereocenters. The van der Waals surface area contributed by atoms with Gasteiger partial charge in [0, 0.05) is 76.7 Å². The van der Waals surface area contributed by atoms with Crippen LogP contribution in [0.15, 0.2) is 0 Å². The number of rotatable bonds is 25. The second-order valence-corrected chi connectivity index (χ2v) is 16.0. The number of amides is 6. The Labute approximate surface area is 312 Å². The number of nitrogens with zero attached hydrogens (tertiary/aromatic N) is 3. The fourth-order valence-corrected chi connectivity index (χ4v) is 8.93. The molecule has 6 amide bonds. The van der Waals surface area contributed by atoms with Gasteiger partial charge in [-0.15, -0.1) is 11.6 Å². The molecule has 0 saturated heterocycles. The number of carbonyl (C=O) groups excluding carboxylic acids is 6. The monoisotopic (exact) mass is 756 g/mol. The summed E-state index contributed by atoms with van der Waals surface area (Å²) in [5, 5.41) is 39.8. The highest BCUT2D eigenvalue weighted by Crippen LogP contribution is 2.63. The molecule has 15 nitrogen and oxygen atoms in total. The fourth-order valence-electron chi connectivity index (χ4n) is 8.23. The first-order chi connectivity index (χ1) is 24.7. The van der Waals surface area contributed by atoms with Gasteiger partial charge in [-0.2, -0.15) is 0 Å². The molecule has 0 aromatic heterocycles. The molecule has 0 aromatic rings. The van der Waals surface area contributed by atoms with E-state index in [0.717, 1.165) is 44.9 Å². The third-order valence-electron chi connectivity index (χ3n) is 10.6. The lowest BCUT2D eigenvalue weighted by molar-refractivity contribution is -0.166. The Hall–Kier alpha value is -3.01. The Balaban J connectivity index is 1.11. The highest BCUT2D eigenvalue weighted by atomic mass is 35.5. The Kier molecular flexibility index (Phi) is 18.1. The summed E-state index contributed by atoms with van der Waals surface area (Å²) in [6, 6.07) is 0. The molecule has 2 atom stereocenters. The summed E-state index contributed by atoms with van der Waals surface area (Å²) >= 11 is 6.86. The van der Waals surface area contributed by atoms with Gasteiger partial charge >= 0.3 is 0 Å². The van der Waals surface area contributed by atoms with Crippen molar-refractivity contribution in [2.45, 2.75) is 134 Å². The van der Waals surface area contributed by atoms with Crippen LogP contribution in [-0.4, -0.2) is 110 Å². The largest absolute Gasteiger partial charge is 0.356 e. The number of nitrogens with one attached hydrogen (secondary N) is 3. The van der Waals surface area contributed by atoms with E-state index < -0.39 is 17.7 Å². The molecular weight excluding hydrogens is 696 g/mol. The summed E-state index contributed by atoms with van der Waals surface area (Å²) in [6.07, 6.45) is 11.4. The van der Waals surface area contributed by atoms with Crippen LogP contribution in [0.2, 0.25) is 0 Å². The average Bonchev–Trinajstić information content (AvgIpc) is 3.08. The molecule has 4 fully saturated rings. The van der Waals surface area contributed by atoms with Crippen molar-refractivity contribution in [2.24, 2.45) is 17.3 Å². The van der Waals surface area contributed by atoms with Crippen molar-refractivity contribution in [3.05, 3.63) is 0 Å². The zero-order chi connectivity index (χ0) is 38.1. The van der Waals surface area contributed by atoms with E-state index in [-0.39, 0.29) is 73.3 Å². The lowest BCUT2D eigenvalue weighted by atomic mass is 9.49. The topological polar surface area (TPSA) is 209 Å². The van der Waals surface area contributed by atoms with Gasteiger partial charge < -0.3 is 16.0 Å². The predicted octanol–water partition coefficient (Wildman–Crippen LogP) is 3.66. The highest BCUT2D eigenvalue weighted by Gasteiger charge is 2.59. The zero-order valence-electron chi connectivity index (χ0n) is 30.8. The SMILES string of the molecule is CC(=O)N(O)CCCCCNC(=O)CCC(=O)N(O)CCCCCNC(=O)CCC(=O)N(O)CCCCCNC(=O)C12CC3CC(CC(Cl)(C3)C1)C2. The quantitative estimate of drug-likeness (QED) is 0.0347. The molecule has 4 aliphatic carbocycles. The molecule has 4 saturated carbocycles. The van der Waals surface area contributed by atoms with Gasteiger partial charge in [-0.1, -0.05) is 0 Å². The zero-order valence-corrected chi connectivity index (χ0v) is 31.6. The van der Waals surface area contributed by atoms with Crippen molar-refractivity contribution < 1.29 is 44.4 Å². The molecule has 0 heterocycles. The van der Waals surface area contributed by atoms with Crippen LogP contribution in [0.5, 0.6) is 0 Å². The van der Waals surface area contributed by atoms with Crippen molar-refractivity contribution in [1.82, 2.24) is 31.1 Å². The Morgan fingerprint density at radius 2 is 1.02 bits per heavy atom. The van der Waals surface area contributed by atoms with Crippen LogP contribution < -0.4 is 16.0 Å². The van der Waals surface area contributed by atoms with Crippen molar-refractivity contribution in [3.63, 3.8) is 0 Å². The minimum Gasteiger partial charge on any atom is -0.356 e. The van der Waals surface area contributed by atoms with E-state index in [2.05, 4.69) is 16.0 Å². The van der Waals surface area contributed by atoms with Crippen LogP contribution in [0.1, 0.15) is 129 Å². The molecule has 4 rings (SSSR count). The lowest BCUT2D eigenvalue weighted by Crippen LogP contribution is -2.58. The minimum atomic E-state index is -0.556. The normalized spacial score (nSPS) is 22.8. The molecular formula is C36H61ClN6O9. The molecule has 4 aliphatic rings. The number of hydroxylamine groups is 6. The van der Waals surface area contributed by atoms with Gasteiger partial charge in [-0.3, -0.25) is 44.4 Å². The molecule has 16 heteroatoms. The third kappa shape index (κ3) is 14.8. The maximum atomic E-state index is 13.1. The van der Waals surface area contributed by atoms with E-state index in [1.807, 2.05) is 0 Å². The molecule has 0 aliphatic heterocycles. The molecule has 0 radical (unpaired) electrons. The van der Waals surface area contributed by atoms with Crippen LogP contribution in [-0.2, 0) is 28.8 Å². The van der Waals surface area contributed by atoms with Crippen LogP contribution >= 0.6 is 11.6 Å². The van der Waals surface area contributed by atoms with E-state index in [9.17, 15) is 44.4 Å². The predicted molar refractivity (Wildman–Crippen MR) is 191 cm³/mol. The summed E-state index contributed by atoms with van der Waals surface area (Å²) in [6.45, 7) is 3.10. The fraction of sp³-hybridized carbons (Fsp3) is 0.833. The number of halogens is 1. The van der Waals surface area contributed by atoms with Crippen molar-refractivity contribution >= 4 is 47.0 Å². The van der Waals surface area contributed by atoms with Crippen LogP contribution in [0.25, 0.3) is 0 Å². The summed E-state index contributed by atoms with van der Waals surface area (Å²) in [4.78, 5) is 72.3. The minimum absolute atomic E-state index is 0.0500. The van der Waals surface area contributed by atoms with Crippen LogP contribution in [0, 0.1) is 17.3 Å². The smallest absolute Gasteiger partial charge is 0.246 e. The lowest BCUT2D eigenvalue weighted by Gasteiger charge is -2.59. The number of hydrogen-bond acceptors (Lipinski definition) is 9. The summed E-state index contributed by atoms with van der Waals surface area (Å²) < 4.78 is 0. The molecule has 0 aromatic carbocycles. The summed E-state index contributed by atoms with van der Waals surface area (Å²) in [5.74, 6) is -0.847. The van der Waals surface area contributed by atoms with Gasteiger partial charge in [-0.05, 0) is 108 Å². The Morgan fingerprint density at radius 1 is 0.596 bits per heavy atom. The van der Waals surface area contributed by atoms with E-state index in [4.69, 9.17) is 11.6 Å². The van der Waals surface area contributed by atoms with Crippen LogP contribution in [0.3, 0.4) is 0 Å². The second kappa shape index (κ2) is 21.6. The van der Waals surface area contributed by atoms with Gasteiger partial charge in [-0.25, -0.2) is 15.2 Å². The van der Waals surface area contributed by atoms with Gasteiger partial charge in [0.05, 0.1) is 5.41 Å². The first kappa shape index (κ1) is 43.4. The Morgan fingerprint density at radius 3 is 1.44 bits per heavy atom. The van der Waals surface area contributed by atoms with Crippen molar-refractivity contribution in [1.29, 1.82) is 0 Å². The number of hydrogen-bond donors (Lipinski definition) is 6.